The highest BCUT2D eigenvalue weighted by Crippen LogP contribution is 2.54. The molecular weight excluding hydrogens is 317 g/mol. The smallest absolute Gasteiger partial charge is 0.184 e. The molecule has 136 valence electrons. The highest BCUT2D eigenvalue weighted by molar-refractivity contribution is 7.57. The van der Waals surface area contributed by atoms with Crippen LogP contribution >= 0.6 is 8.22 Å². The third-order valence-corrected chi connectivity index (χ3v) is 7.61. The first-order valence-electron chi connectivity index (χ1n) is 8.97. The second-order valence-electron chi connectivity index (χ2n) is 8.40. The van der Waals surface area contributed by atoms with Gasteiger partial charge in [-0.3, -0.25) is 14.0 Å². The Morgan fingerprint density at radius 3 is 1.30 bits per heavy atom. The zero-order valence-corrected chi connectivity index (χ0v) is 19.5. The molecule has 0 aromatic rings. The molecule has 0 aliphatic heterocycles. The molecule has 0 aromatic carbocycles. The third-order valence-electron chi connectivity index (χ3n) is 3.41. The second-order valence-corrected chi connectivity index (χ2v) is 15.1. The summed E-state index contributed by atoms with van der Waals surface area (Å²) in [5, 5.41) is 1.30. The van der Waals surface area contributed by atoms with Crippen molar-refractivity contribution in [1.82, 2.24) is 9.34 Å². The van der Waals surface area contributed by atoms with E-state index in [2.05, 4.69) is 97.2 Å². The molecule has 0 atom stereocenters. The molecule has 0 bridgehead atoms. The summed E-state index contributed by atoms with van der Waals surface area (Å²) in [6, 6.07) is 2.02. The van der Waals surface area contributed by atoms with Crippen molar-refractivity contribution < 1.29 is 0 Å². The van der Waals surface area contributed by atoms with Crippen LogP contribution in [0.15, 0.2) is 9.97 Å². The van der Waals surface area contributed by atoms with Crippen LogP contribution in [0.2, 0.25) is 19.6 Å². The fraction of sp³-hybridized carbons (Fsp3) is 0.889. The summed E-state index contributed by atoms with van der Waals surface area (Å²) >= 11 is 0. The lowest BCUT2D eigenvalue weighted by Crippen LogP contribution is -2.43. The minimum Gasteiger partial charge on any atom is -0.284 e. The quantitative estimate of drug-likeness (QED) is 0.304. The Morgan fingerprint density at radius 2 is 1.09 bits per heavy atom. The van der Waals surface area contributed by atoms with E-state index in [9.17, 15) is 0 Å². The van der Waals surface area contributed by atoms with Crippen molar-refractivity contribution in [3.63, 3.8) is 0 Å². The van der Waals surface area contributed by atoms with Crippen LogP contribution in [-0.4, -0.2) is 47.6 Å². The van der Waals surface area contributed by atoms with Gasteiger partial charge in [0.05, 0.1) is 8.22 Å². The molecule has 0 aliphatic carbocycles. The summed E-state index contributed by atoms with van der Waals surface area (Å²) in [5.41, 5.74) is 0. The molecule has 0 spiro atoms. The maximum absolute atomic E-state index is 4.79. The predicted octanol–water partition coefficient (Wildman–Crippen LogP) is 5.94. The van der Waals surface area contributed by atoms with E-state index in [1.165, 1.54) is 5.31 Å². The van der Waals surface area contributed by atoms with E-state index in [0.29, 0.717) is 24.2 Å². The van der Waals surface area contributed by atoms with Crippen molar-refractivity contribution in [3.05, 3.63) is 5.31 Å². The van der Waals surface area contributed by atoms with E-state index >= 15 is 0 Å². The minimum absolute atomic E-state index is 0.504. The van der Waals surface area contributed by atoms with E-state index < -0.39 is 16.5 Å². The van der Waals surface area contributed by atoms with Gasteiger partial charge in [0.1, 0.15) is 0 Å². The summed E-state index contributed by atoms with van der Waals surface area (Å²) < 4.78 is 10.1. The van der Waals surface area contributed by atoms with Gasteiger partial charge in [0.15, 0.2) is 8.24 Å². The molecule has 0 fully saturated rings. The standard InChI is InChI=1S/C18H40N3PSi/c1-14(2)20(15(3)4)22(21(16(5)6)17(7)8)18(9)13-19-23(10,11)12/h14-17H,1-12H3. The van der Waals surface area contributed by atoms with Gasteiger partial charge in [-0.15, -0.1) is 0 Å². The molecule has 23 heavy (non-hydrogen) atoms. The molecular formula is C18H40N3PSi. The van der Waals surface area contributed by atoms with Crippen molar-refractivity contribution in [3.8, 4) is 0 Å². The van der Waals surface area contributed by atoms with Crippen LogP contribution in [0.4, 0.5) is 0 Å². The number of nitrogens with zero attached hydrogens (tertiary/aromatic N) is 3. The Hall–Kier alpha value is 0.0169. The highest BCUT2D eigenvalue weighted by atomic mass is 31.1. The molecule has 0 amide bonds. The zero-order valence-electron chi connectivity index (χ0n) is 17.6. The average molecular weight is 358 g/mol. The van der Waals surface area contributed by atoms with Crippen molar-refractivity contribution in [2.24, 2.45) is 4.66 Å². The van der Waals surface area contributed by atoms with Gasteiger partial charge in [-0.2, -0.15) is 0 Å². The first-order chi connectivity index (χ1) is 10.3. The van der Waals surface area contributed by atoms with Gasteiger partial charge in [-0.05, 0) is 87.8 Å². The summed E-state index contributed by atoms with van der Waals surface area (Å²) in [5.74, 6) is 3.45. The Balaban J connectivity index is 6.13. The first-order valence-corrected chi connectivity index (χ1v) is 13.7. The average Bonchev–Trinajstić information content (AvgIpc) is 2.32. The predicted molar refractivity (Wildman–Crippen MR) is 111 cm³/mol. The number of allylic oxidation sites excluding steroid dienone is 1. The van der Waals surface area contributed by atoms with E-state index in [-0.39, 0.29) is 0 Å². The van der Waals surface area contributed by atoms with Gasteiger partial charge in [0, 0.05) is 29.5 Å². The van der Waals surface area contributed by atoms with Crippen LogP contribution in [0.5, 0.6) is 0 Å². The molecule has 0 aliphatic rings. The molecule has 0 saturated heterocycles. The Bertz CT molecular complexity index is 382. The fourth-order valence-corrected chi connectivity index (χ4v) is 6.24. The Kier molecular flexibility index (Phi) is 9.49. The molecule has 0 unspecified atom stereocenters. The molecule has 0 saturated carbocycles. The highest BCUT2D eigenvalue weighted by Gasteiger charge is 2.34. The fourth-order valence-electron chi connectivity index (χ4n) is 2.83. The maximum atomic E-state index is 4.79. The van der Waals surface area contributed by atoms with Gasteiger partial charge in [-0.25, -0.2) is 0 Å². The van der Waals surface area contributed by atoms with Gasteiger partial charge in [0.2, 0.25) is 0 Å². The van der Waals surface area contributed by atoms with Crippen molar-refractivity contribution >= 4 is 22.3 Å². The van der Waals surface area contributed by atoms with Crippen LogP contribution in [0.3, 0.4) is 0 Å². The second kappa shape index (κ2) is 9.49. The van der Waals surface area contributed by atoms with Gasteiger partial charge < -0.3 is 0 Å². The summed E-state index contributed by atoms with van der Waals surface area (Å²) in [6.45, 7) is 27.4. The molecule has 0 rings (SSSR count). The lowest BCUT2D eigenvalue weighted by molar-refractivity contribution is 0.259. The Morgan fingerprint density at radius 1 is 0.783 bits per heavy atom. The van der Waals surface area contributed by atoms with E-state index in [0.717, 1.165) is 0 Å². The third kappa shape index (κ3) is 7.62. The number of hydrogen-bond acceptors (Lipinski definition) is 3. The van der Waals surface area contributed by atoms with Crippen LogP contribution in [0.1, 0.15) is 62.3 Å². The minimum atomic E-state index is -1.48. The van der Waals surface area contributed by atoms with Crippen LogP contribution in [0, 0.1) is 0 Å². The van der Waals surface area contributed by atoms with Gasteiger partial charge >= 0.3 is 0 Å². The van der Waals surface area contributed by atoms with Crippen molar-refractivity contribution in [2.75, 3.05) is 0 Å². The molecule has 0 radical (unpaired) electrons. The zero-order chi connectivity index (χ0) is 18.5. The molecule has 0 N–H and O–H groups in total. The number of rotatable bonds is 8. The monoisotopic (exact) mass is 357 g/mol. The molecule has 0 heterocycles. The van der Waals surface area contributed by atoms with Crippen LogP contribution < -0.4 is 0 Å². The lowest BCUT2D eigenvalue weighted by Gasteiger charge is -2.47. The van der Waals surface area contributed by atoms with E-state index in [1.807, 2.05) is 0 Å². The Labute approximate surface area is 148 Å². The van der Waals surface area contributed by atoms with Crippen LogP contribution in [0.25, 0.3) is 0 Å². The van der Waals surface area contributed by atoms with Gasteiger partial charge in [0.25, 0.3) is 0 Å². The summed E-state index contributed by atoms with van der Waals surface area (Å²) in [7, 11) is -2.04. The van der Waals surface area contributed by atoms with Crippen molar-refractivity contribution in [2.45, 2.75) is 106 Å². The van der Waals surface area contributed by atoms with Gasteiger partial charge in [-0.1, -0.05) is 0 Å². The molecule has 3 nitrogen and oxygen atoms in total. The molecule has 5 heteroatoms. The largest absolute Gasteiger partial charge is 0.284 e. The SMILES string of the molecule is CC(=C=N[Si](C)(C)C)P(N(C(C)C)C(C)C)N(C(C)C)C(C)C. The van der Waals surface area contributed by atoms with Crippen molar-refractivity contribution in [1.29, 1.82) is 0 Å². The maximum Gasteiger partial charge on any atom is 0.184 e. The molecule has 0 aromatic heterocycles. The first kappa shape index (κ1) is 23.0. The van der Waals surface area contributed by atoms with E-state index in [4.69, 9.17) is 4.66 Å². The summed E-state index contributed by atoms with van der Waals surface area (Å²) in [4.78, 5) is 0. The van der Waals surface area contributed by atoms with Crippen LogP contribution in [-0.2, 0) is 0 Å². The topological polar surface area (TPSA) is 18.8 Å². The lowest BCUT2D eigenvalue weighted by atomic mass is 10.3. The van der Waals surface area contributed by atoms with E-state index in [1.54, 1.807) is 0 Å². The summed E-state index contributed by atoms with van der Waals surface area (Å²) in [6.07, 6.45) is 0. The number of hydrogen-bond donors (Lipinski definition) is 0. The normalized spacial score (nSPS) is 13.2.